The number of hydrogen-bond acceptors (Lipinski definition) is 6. The van der Waals surface area contributed by atoms with Crippen molar-refractivity contribution in [2.45, 2.75) is 13.8 Å². The molecule has 1 aromatic carbocycles. The van der Waals surface area contributed by atoms with Gasteiger partial charge in [0, 0.05) is 11.1 Å². The number of amides is 1. The SMILES string of the molecule is Cc1cc(NC(=O)COC(=O)COc2ccc(Cl)c(C)c2)no1. The lowest BCUT2D eigenvalue weighted by atomic mass is 10.2. The van der Waals surface area contributed by atoms with Gasteiger partial charge in [-0.3, -0.25) is 4.79 Å². The molecule has 0 spiro atoms. The van der Waals surface area contributed by atoms with Crippen LogP contribution in [0, 0.1) is 13.8 Å². The monoisotopic (exact) mass is 338 g/mol. The van der Waals surface area contributed by atoms with Crippen LogP contribution in [-0.4, -0.2) is 30.2 Å². The number of anilines is 1. The molecule has 0 atom stereocenters. The van der Waals surface area contributed by atoms with E-state index < -0.39 is 18.5 Å². The number of nitrogens with one attached hydrogen (secondary N) is 1. The first-order chi connectivity index (χ1) is 10.9. The first-order valence-electron chi connectivity index (χ1n) is 6.72. The zero-order valence-electron chi connectivity index (χ0n) is 12.6. The maximum absolute atomic E-state index is 11.6. The molecule has 0 aliphatic rings. The van der Waals surface area contributed by atoms with Crippen LogP contribution in [0.25, 0.3) is 0 Å². The summed E-state index contributed by atoms with van der Waals surface area (Å²) in [6.07, 6.45) is 0. The number of benzene rings is 1. The van der Waals surface area contributed by atoms with Crippen LogP contribution in [0.1, 0.15) is 11.3 Å². The Labute approximate surface area is 137 Å². The normalized spacial score (nSPS) is 10.2. The van der Waals surface area contributed by atoms with E-state index in [0.29, 0.717) is 16.5 Å². The summed E-state index contributed by atoms with van der Waals surface area (Å²) in [5, 5.41) is 6.63. The second-order valence-corrected chi connectivity index (χ2v) is 5.14. The van der Waals surface area contributed by atoms with Crippen molar-refractivity contribution in [3.8, 4) is 5.75 Å². The number of carbonyl (C=O) groups is 2. The molecule has 0 radical (unpaired) electrons. The molecule has 0 unspecified atom stereocenters. The Morgan fingerprint density at radius 3 is 2.70 bits per heavy atom. The van der Waals surface area contributed by atoms with E-state index in [2.05, 4.69) is 10.5 Å². The predicted molar refractivity (Wildman–Crippen MR) is 82.5 cm³/mol. The Morgan fingerprint density at radius 1 is 1.26 bits per heavy atom. The molecule has 0 saturated heterocycles. The highest BCUT2D eigenvalue weighted by molar-refractivity contribution is 6.31. The highest BCUT2D eigenvalue weighted by atomic mass is 35.5. The van der Waals surface area contributed by atoms with E-state index in [4.69, 9.17) is 25.6 Å². The van der Waals surface area contributed by atoms with Crippen LogP contribution >= 0.6 is 11.6 Å². The Balaban J connectivity index is 1.72. The van der Waals surface area contributed by atoms with Crippen molar-refractivity contribution in [2.75, 3.05) is 18.5 Å². The van der Waals surface area contributed by atoms with Crippen LogP contribution in [0.2, 0.25) is 5.02 Å². The second-order valence-electron chi connectivity index (χ2n) is 4.73. The zero-order valence-corrected chi connectivity index (χ0v) is 13.3. The van der Waals surface area contributed by atoms with Crippen LogP contribution in [0.15, 0.2) is 28.8 Å². The van der Waals surface area contributed by atoms with Crippen molar-refractivity contribution in [1.82, 2.24) is 5.16 Å². The van der Waals surface area contributed by atoms with Crippen LogP contribution < -0.4 is 10.1 Å². The molecule has 0 saturated carbocycles. The van der Waals surface area contributed by atoms with Gasteiger partial charge in [-0.1, -0.05) is 16.8 Å². The summed E-state index contributed by atoms with van der Waals surface area (Å²) in [4.78, 5) is 23.1. The van der Waals surface area contributed by atoms with Gasteiger partial charge < -0.3 is 19.3 Å². The lowest BCUT2D eigenvalue weighted by Gasteiger charge is -2.08. The van der Waals surface area contributed by atoms with Gasteiger partial charge in [0.1, 0.15) is 11.5 Å². The summed E-state index contributed by atoms with van der Waals surface area (Å²) < 4.78 is 14.9. The topological polar surface area (TPSA) is 90.7 Å². The standard InChI is InChI=1S/C15H15ClN2O5/c1-9-5-11(3-4-12(9)16)21-8-15(20)22-7-14(19)17-13-6-10(2)23-18-13/h3-6H,7-8H2,1-2H3,(H,17,18,19). The van der Waals surface area contributed by atoms with Crippen molar-refractivity contribution >= 4 is 29.3 Å². The molecule has 1 heterocycles. The van der Waals surface area contributed by atoms with Crippen molar-refractivity contribution in [1.29, 1.82) is 0 Å². The molecule has 8 heteroatoms. The van der Waals surface area contributed by atoms with Crippen LogP contribution in [0.3, 0.4) is 0 Å². The zero-order chi connectivity index (χ0) is 16.8. The molecular weight excluding hydrogens is 324 g/mol. The Morgan fingerprint density at radius 2 is 2.04 bits per heavy atom. The highest BCUT2D eigenvalue weighted by Crippen LogP contribution is 2.20. The smallest absolute Gasteiger partial charge is 0.344 e. The van der Waals surface area contributed by atoms with Gasteiger partial charge in [-0.05, 0) is 37.6 Å². The number of ether oxygens (including phenoxy) is 2. The van der Waals surface area contributed by atoms with Crippen LogP contribution in [0.5, 0.6) is 5.75 Å². The lowest BCUT2D eigenvalue weighted by molar-refractivity contribution is -0.149. The van der Waals surface area contributed by atoms with Gasteiger partial charge in [0.15, 0.2) is 19.0 Å². The average Bonchev–Trinajstić information content (AvgIpc) is 2.91. The average molecular weight is 339 g/mol. The molecule has 1 N–H and O–H groups in total. The summed E-state index contributed by atoms with van der Waals surface area (Å²) in [5.41, 5.74) is 0.833. The number of nitrogens with zero attached hydrogens (tertiary/aromatic N) is 1. The predicted octanol–water partition coefficient (Wildman–Crippen LogP) is 2.51. The molecule has 1 amide bonds. The van der Waals surface area contributed by atoms with Crippen molar-refractivity contribution in [2.24, 2.45) is 0 Å². The molecule has 23 heavy (non-hydrogen) atoms. The summed E-state index contributed by atoms with van der Waals surface area (Å²) in [6, 6.07) is 6.56. The van der Waals surface area contributed by atoms with Gasteiger partial charge >= 0.3 is 5.97 Å². The summed E-state index contributed by atoms with van der Waals surface area (Å²) >= 11 is 5.89. The van der Waals surface area contributed by atoms with Gasteiger partial charge in [-0.25, -0.2) is 4.79 Å². The largest absolute Gasteiger partial charge is 0.482 e. The number of rotatable bonds is 6. The summed E-state index contributed by atoms with van der Waals surface area (Å²) in [5.74, 6) is 0.129. The first-order valence-corrected chi connectivity index (χ1v) is 7.09. The highest BCUT2D eigenvalue weighted by Gasteiger charge is 2.11. The summed E-state index contributed by atoms with van der Waals surface area (Å²) in [7, 11) is 0. The van der Waals surface area contributed by atoms with E-state index in [1.807, 2.05) is 6.92 Å². The summed E-state index contributed by atoms with van der Waals surface area (Å²) in [6.45, 7) is 2.77. The minimum absolute atomic E-state index is 0.261. The van der Waals surface area contributed by atoms with E-state index in [9.17, 15) is 9.59 Å². The van der Waals surface area contributed by atoms with Crippen LogP contribution in [0.4, 0.5) is 5.82 Å². The number of carbonyl (C=O) groups excluding carboxylic acids is 2. The van der Waals surface area contributed by atoms with Gasteiger partial charge in [0.05, 0.1) is 0 Å². The minimum atomic E-state index is -0.663. The fraction of sp³-hybridized carbons (Fsp3) is 0.267. The van der Waals surface area contributed by atoms with Gasteiger partial charge in [0.2, 0.25) is 0 Å². The molecule has 0 aliphatic carbocycles. The Kier molecular flexibility index (Phi) is 5.59. The molecule has 7 nitrogen and oxygen atoms in total. The maximum atomic E-state index is 11.6. The third-order valence-corrected chi connectivity index (χ3v) is 3.17. The van der Waals surface area contributed by atoms with Gasteiger partial charge in [0.25, 0.3) is 5.91 Å². The Hall–Kier alpha value is -2.54. The third kappa shape index (κ3) is 5.30. The van der Waals surface area contributed by atoms with Gasteiger partial charge in [-0.15, -0.1) is 0 Å². The molecule has 2 aromatic rings. The number of aryl methyl sites for hydroxylation is 2. The molecule has 2 rings (SSSR count). The number of esters is 1. The van der Waals surface area contributed by atoms with E-state index in [1.54, 1.807) is 31.2 Å². The van der Waals surface area contributed by atoms with E-state index in [-0.39, 0.29) is 12.4 Å². The van der Waals surface area contributed by atoms with E-state index in [1.165, 1.54) is 0 Å². The third-order valence-electron chi connectivity index (χ3n) is 2.75. The van der Waals surface area contributed by atoms with Gasteiger partial charge in [-0.2, -0.15) is 0 Å². The number of hydrogen-bond donors (Lipinski definition) is 1. The Bertz CT molecular complexity index is 714. The quantitative estimate of drug-likeness (QED) is 0.814. The van der Waals surface area contributed by atoms with E-state index in [0.717, 1.165) is 5.56 Å². The fourth-order valence-electron chi connectivity index (χ4n) is 1.64. The molecular formula is C15H15ClN2O5. The molecule has 122 valence electrons. The van der Waals surface area contributed by atoms with Crippen molar-refractivity contribution in [3.05, 3.63) is 40.6 Å². The second kappa shape index (κ2) is 7.64. The minimum Gasteiger partial charge on any atom is -0.482 e. The number of halogens is 1. The van der Waals surface area contributed by atoms with E-state index >= 15 is 0 Å². The maximum Gasteiger partial charge on any atom is 0.344 e. The number of aromatic nitrogens is 1. The fourth-order valence-corrected chi connectivity index (χ4v) is 1.76. The van der Waals surface area contributed by atoms with Crippen LogP contribution in [-0.2, 0) is 14.3 Å². The molecule has 0 bridgehead atoms. The first kappa shape index (κ1) is 16.8. The molecule has 0 aliphatic heterocycles. The lowest BCUT2D eigenvalue weighted by Crippen LogP contribution is -2.23. The molecule has 1 aromatic heterocycles. The van der Waals surface area contributed by atoms with Crippen molar-refractivity contribution in [3.63, 3.8) is 0 Å². The molecule has 0 fully saturated rings. The van der Waals surface area contributed by atoms with Crippen molar-refractivity contribution < 1.29 is 23.6 Å².